The molecule has 132 valence electrons. The molecule has 1 heterocycles. The van der Waals surface area contributed by atoms with E-state index in [4.69, 9.17) is 9.84 Å². The van der Waals surface area contributed by atoms with Gasteiger partial charge in [-0.05, 0) is 18.4 Å². The van der Waals surface area contributed by atoms with Gasteiger partial charge in [-0.3, -0.25) is 9.59 Å². The SMILES string of the molecule is O=C(O)CCSSCCNC(=O)CC1(c2ccccc2)CCCO1. The standard InChI is InChI=1S/C17H23NO4S2/c19-15(18-9-12-24-23-11-7-16(20)21)13-17(8-4-10-22-17)14-5-2-1-3-6-14/h1-3,5-6H,4,7-13H2,(H,18,19)(H,20,21). The summed E-state index contributed by atoms with van der Waals surface area (Å²) < 4.78 is 5.95. The van der Waals surface area contributed by atoms with Crippen LogP contribution in [0.1, 0.15) is 31.2 Å². The fourth-order valence-corrected chi connectivity index (χ4v) is 4.60. The van der Waals surface area contributed by atoms with Gasteiger partial charge in [-0.1, -0.05) is 51.9 Å². The lowest BCUT2D eigenvalue weighted by atomic mass is 9.87. The van der Waals surface area contributed by atoms with Crippen LogP contribution in [0.5, 0.6) is 0 Å². The van der Waals surface area contributed by atoms with Gasteiger partial charge in [0.15, 0.2) is 0 Å². The number of hydrogen-bond donors (Lipinski definition) is 2. The third-order valence-corrected chi connectivity index (χ3v) is 6.25. The molecule has 24 heavy (non-hydrogen) atoms. The maximum Gasteiger partial charge on any atom is 0.304 e. The highest BCUT2D eigenvalue weighted by Crippen LogP contribution is 2.39. The average Bonchev–Trinajstić information content (AvgIpc) is 3.04. The fourth-order valence-electron chi connectivity index (χ4n) is 2.71. The van der Waals surface area contributed by atoms with Crippen LogP contribution in [0.4, 0.5) is 0 Å². The number of carboxylic acid groups (broad SMARTS) is 1. The molecule has 0 aliphatic carbocycles. The molecule has 2 rings (SSSR count). The molecule has 1 amide bonds. The van der Waals surface area contributed by atoms with E-state index in [-0.39, 0.29) is 12.3 Å². The van der Waals surface area contributed by atoms with Gasteiger partial charge in [-0.2, -0.15) is 0 Å². The van der Waals surface area contributed by atoms with Crippen molar-refractivity contribution < 1.29 is 19.4 Å². The third-order valence-electron chi connectivity index (χ3n) is 3.84. The lowest BCUT2D eigenvalue weighted by Crippen LogP contribution is -2.35. The number of hydrogen-bond acceptors (Lipinski definition) is 5. The Balaban J connectivity index is 1.71. The third kappa shape index (κ3) is 6.03. The van der Waals surface area contributed by atoms with E-state index < -0.39 is 11.6 Å². The zero-order valence-corrected chi connectivity index (χ0v) is 15.2. The first kappa shape index (κ1) is 19.1. The summed E-state index contributed by atoms with van der Waals surface area (Å²) in [4.78, 5) is 22.7. The maximum atomic E-state index is 12.3. The van der Waals surface area contributed by atoms with Crippen LogP contribution in [-0.2, 0) is 19.9 Å². The number of carbonyl (C=O) groups excluding carboxylic acids is 1. The lowest BCUT2D eigenvalue weighted by Gasteiger charge is -2.28. The summed E-state index contributed by atoms with van der Waals surface area (Å²) in [6.45, 7) is 1.27. The second-order valence-electron chi connectivity index (χ2n) is 5.63. The Morgan fingerprint density at radius 3 is 2.62 bits per heavy atom. The number of benzene rings is 1. The summed E-state index contributed by atoms with van der Waals surface area (Å²) >= 11 is 0. The number of amides is 1. The monoisotopic (exact) mass is 369 g/mol. The van der Waals surface area contributed by atoms with E-state index in [0.29, 0.717) is 25.3 Å². The molecule has 1 aromatic rings. The van der Waals surface area contributed by atoms with E-state index in [9.17, 15) is 9.59 Å². The molecule has 1 aromatic carbocycles. The van der Waals surface area contributed by atoms with E-state index >= 15 is 0 Å². The molecule has 1 aliphatic heterocycles. The summed E-state index contributed by atoms with van der Waals surface area (Å²) in [6.07, 6.45) is 2.34. The summed E-state index contributed by atoms with van der Waals surface area (Å²) in [5.74, 6) is 0.560. The normalized spacial score (nSPS) is 20.0. The van der Waals surface area contributed by atoms with Crippen molar-refractivity contribution in [3.05, 3.63) is 35.9 Å². The second kappa shape index (κ2) is 9.96. The second-order valence-corrected chi connectivity index (χ2v) is 8.33. The predicted molar refractivity (Wildman–Crippen MR) is 98.1 cm³/mol. The minimum atomic E-state index is -0.779. The molecule has 0 saturated carbocycles. The van der Waals surface area contributed by atoms with Gasteiger partial charge in [-0.25, -0.2) is 0 Å². The predicted octanol–water partition coefficient (Wildman–Crippen LogP) is 3.05. The summed E-state index contributed by atoms with van der Waals surface area (Å²) in [6, 6.07) is 9.95. The molecule has 0 spiro atoms. The smallest absolute Gasteiger partial charge is 0.304 e. The van der Waals surface area contributed by atoms with Crippen LogP contribution in [0.15, 0.2) is 30.3 Å². The van der Waals surface area contributed by atoms with Crippen molar-refractivity contribution in [3.8, 4) is 0 Å². The largest absolute Gasteiger partial charge is 0.481 e. The summed E-state index contributed by atoms with van der Waals surface area (Å²) in [5, 5.41) is 11.5. The molecule has 2 N–H and O–H groups in total. The topological polar surface area (TPSA) is 75.6 Å². The molecule has 1 unspecified atom stereocenters. The number of nitrogens with one attached hydrogen (secondary N) is 1. The zero-order valence-electron chi connectivity index (χ0n) is 13.5. The van der Waals surface area contributed by atoms with Crippen molar-refractivity contribution in [3.63, 3.8) is 0 Å². The van der Waals surface area contributed by atoms with Gasteiger partial charge in [0.1, 0.15) is 5.60 Å². The number of carbonyl (C=O) groups is 2. The van der Waals surface area contributed by atoms with Crippen molar-refractivity contribution >= 4 is 33.5 Å². The molecule has 1 aliphatic rings. The van der Waals surface area contributed by atoms with E-state index in [1.54, 1.807) is 10.8 Å². The molecular formula is C17H23NO4S2. The molecule has 1 saturated heterocycles. The summed E-state index contributed by atoms with van der Waals surface area (Å²) in [7, 11) is 3.10. The van der Waals surface area contributed by atoms with E-state index in [0.717, 1.165) is 24.2 Å². The van der Waals surface area contributed by atoms with Crippen LogP contribution in [0.2, 0.25) is 0 Å². The molecule has 0 bridgehead atoms. The van der Waals surface area contributed by atoms with Gasteiger partial charge in [0, 0.05) is 24.7 Å². The Bertz CT molecular complexity index is 533. The van der Waals surface area contributed by atoms with Gasteiger partial charge < -0.3 is 15.2 Å². The van der Waals surface area contributed by atoms with Crippen LogP contribution in [-0.4, -0.2) is 41.6 Å². The Labute approximate surface area is 150 Å². The number of ether oxygens (including phenoxy) is 1. The van der Waals surface area contributed by atoms with Gasteiger partial charge in [-0.15, -0.1) is 0 Å². The van der Waals surface area contributed by atoms with Crippen molar-refractivity contribution in [1.29, 1.82) is 0 Å². The van der Waals surface area contributed by atoms with Crippen LogP contribution < -0.4 is 5.32 Å². The molecule has 1 fully saturated rings. The van der Waals surface area contributed by atoms with Crippen molar-refractivity contribution in [2.45, 2.75) is 31.3 Å². The minimum absolute atomic E-state index is 0.00288. The van der Waals surface area contributed by atoms with Gasteiger partial charge in [0.25, 0.3) is 0 Å². The maximum absolute atomic E-state index is 12.3. The van der Waals surface area contributed by atoms with Gasteiger partial charge in [0.2, 0.25) is 5.91 Å². The zero-order chi connectivity index (χ0) is 17.3. The highest BCUT2D eigenvalue weighted by Gasteiger charge is 2.38. The molecule has 7 heteroatoms. The number of rotatable bonds is 10. The summed E-state index contributed by atoms with van der Waals surface area (Å²) in [5.41, 5.74) is 0.575. The molecular weight excluding hydrogens is 346 g/mol. The number of carboxylic acids is 1. The minimum Gasteiger partial charge on any atom is -0.481 e. The first-order chi connectivity index (χ1) is 11.6. The van der Waals surface area contributed by atoms with Crippen molar-refractivity contribution in [2.24, 2.45) is 0 Å². The lowest BCUT2D eigenvalue weighted by molar-refractivity contribution is -0.136. The fraction of sp³-hybridized carbons (Fsp3) is 0.529. The molecule has 5 nitrogen and oxygen atoms in total. The quantitative estimate of drug-likeness (QED) is 0.488. The molecule has 0 radical (unpaired) electrons. The van der Waals surface area contributed by atoms with Crippen LogP contribution in [0.3, 0.4) is 0 Å². The van der Waals surface area contributed by atoms with E-state index in [1.807, 2.05) is 30.3 Å². The van der Waals surface area contributed by atoms with E-state index in [1.165, 1.54) is 10.8 Å². The molecule has 1 atom stereocenters. The molecule has 0 aromatic heterocycles. The highest BCUT2D eigenvalue weighted by molar-refractivity contribution is 8.76. The van der Waals surface area contributed by atoms with Crippen molar-refractivity contribution in [1.82, 2.24) is 5.32 Å². The van der Waals surface area contributed by atoms with Crippen LogP contribution in [0, 0.1) is 0 Å². The Kier molecular flexibility index (Phi) is 7.94. The Morgan fingerprint density at radius 2 is 1.96 bits per heavy atom. The first-order valence-electron chi connectivity index (χ1n) is 8.05. The first-order valence-corrected chi connectivity index (χ1v) is 10.5. The van der Waals surface area contributed by atoms with E-state index in [2.05, 4.69) is 5.32 Å². The van der Waals surface area contributed by atoms with Crippen LogP contribution in [0.25, 0.3) is 0 Å². The van der Waals surface area contributed by atoms with Crippen molar-refractivity contribution in [2.75, 3.05) is 24.7 Å². The van der Waals surface area contributed by atoms with Gasteiger partial charge >= 0.3 is 5.97 Å². The average molecular weight is 370 g/mol. The number of aliphatic carboxylic acids is 1. The Morgan fingerprint density at radius 1 is 1.21 bits per heavy atom. The Hall–Kier alpha value is -1.18. The highest BCUT2D eigenvalue weighted by atomic mass is 33.1. The van der Waals surface area contributed by atoms with Gasteiger partial charge in [0.05, 0.1) is 12.8 Å². The van der Waals surface area contributed by atoms with Crippen LogP contribution >= 0.6 is 21.6 Å².